The van der Waals surface area contributed by atoms with E-state index in [1.54, 1.807) is 25.3 Å². The zero-order chi connectivity index (χ0) is 22.4. The van der Waals surface area contributed by atoms with Crippen molar-refractivity contribution < 1.29 is 19.1 Å². The topological polar surface area (TPSA) is 93.9 Å². The van der Waals surface area contributed by atoms with Crippen molar-refractivity contribution in [1.82, 2.24) is 4.90 Å². The van der Waals surface area contributed by atoms with E-state index >= 15 is 0 Å². The van der Waals surface area contributed by atoms with Crippen LogP contribution in [0.25, 0.3) is 0 Å². The first kappa shape index (κ1) is 22.6. The van der Waals surface area contributed by atoms with Gasteiger partial charge in [0.25, 0.3) is 5.91 Å². The summed E-state index contributed by atoms with van der Waals surface area (Å²) in [6.07, 6.45) is 1.60. The number of carbonyl (C=O) groups excluding carboxylic acids is 2. The lowest BCUT2D eigenvalue weighted by atomic mass is 9.96. The highest BCUT2D eigenvalue weighted by Crippen LogP contribution is 2.29. The number of hydrogen-bond acceptors (Lipinski definition) is 5. The molecular formula is C24H31N3O4. The van der Waals surface area contributed by atoms with Crippen molar-refractivity contribution >= 4 is 17.5 Å². The number of nitrogens with zero attached hydrogens (tertiary/aromatic N) is 1. The molecule has 0 bridgehead atoms. The molecule has 0 saturated carbocycles. The molecule has 7 nitrogen and oxygen atoms in total. The number of benzene rings is 2. The van der Waals surface area contributed by atoms with Gasteiger partial charge in [-0.05, 0) is 75.7 Å². The molecule has 1 aliphatic rings. The van der Waals surface area contributed by atoms with Crippen LogP contribution in [0.5, 0.6) is 11.5 Å². The van der Waals surface area contributed by atoms with E-state index in [1.807, 2.05) is 38.1 Å². The first-order valence-corrected chi connectivity index (χ1v) is 10.6. The molecule has 0 aliphatic carbocycles. The van der Waals surface area contributed by atoms with E-state index in [4.69, 9.17) is 15.2 Å². The fourth-order valence-corrected chi connectivity index (χ4v) is 3.74. The molecule has 31 heavy (non-hydrogen) atoms. The summed E-state index contributed by atoms with van der Waals surface area (Å²) in [6, 6.07) is 13.0. The maximum atomic E-state index is 12.8. The van der Waals surface area contributed by atoms with Crippen LogP contribution in [0, 0.1) is 5.92 Å². The van der Waals surface area contributed by atoms with Crippen LogP contribution in [-0.2, 0) is 11.3 Å². The van der Waals surface area contributed by atoms with Crippen molar-refractivity contribution in [3.8, 4) is 11.5 Å². The van der Waals surface area contributed by atoms with E-state index in [0.717, 1.165) is 43.7 Å². The third-order valence-electron chi connectivity index (χ3n) is 5.37. The van der Waals surface area contributed by atoms with Gasteiger partial charge in [-0.1, -0.05) is 12.1 Å². The Bertz CT molecular complexity index is 921. The molecule has 0 unspecified atom stereocenters. The Hall–Kier alpha value is -3.06. The van der Waals surface area contributed by atoms with Gasteiger partial charge < -0.3 is 20.5 Å². The molecule has 3 rings (SSSR count). The monoisotopic (exact) mass is 425 g/mol. The quantitative estimate of drug-likeness (QED) is 0.676. The summed E-state index contributed by atoms with van der Waals surface area (Å²) in [5.74, 6) is 0.695. The molecule has 3 N–H and O–H groups in total. The third-order valence-corrected chi connectivity index (χ3v) is 5.37. The van der Waals surface area contributed by atoms with Crippen LogP contribution in [0.1, 0.15) is 42.6 Å². The Labute approximate surface area is 183 Å². The molecule has 2 aromatic carbocycles. The molecular weight excluding hydrogens is 394 g/mol. The summed E-state index contributed by atoms with van der Waals surface area (Å²) >= 11 is 0. The van der Waals surface area contributed by atoms with E-state index in [-0.39, 0.29) is 23.8 Å². The minimum absolute atomic E-state index is 0.0119. The van der Waals surface area contributed by atoms with Crippen LogP contribution in [0.3, 0.4) is 0 Å². The number of rotatable bonds is 8. The molecule has 1 saturated heterocycles. The smallest absolute Gasteiger partial charge is 0.255 e. The summed E-state index contributed by atoms with van der Waals surface area (Å²) < 4.78 is 11.1. The highest BCUT2D eigenvalue weighted by molar-refractivity contribution is 6.04. The average Bonchev–Trinajstić information content (AvgIpc) is 2.74. The zero-order valence-electron chi connectivity index (χ0n) is 18.4. The normalized spacial score (nSPS) is 15.0. The van der Waals surface area contributed by atoms with Crippen LogP contribution in [0.2, 0.25) is 0 Å². The fraction of sp³-hybridized carbons (Fsp3) is 0.417. The average molecular weight is 426 g/mol. The summed E-state index contributed by atoms with van der Waals surface area (Å²) in [5, 5.41) is 2.95. The van der Waals surface area contributed by atoms with Crippen molar-refractivity contribution in [2.45, 2.75) is 39.3 Å². The van der Waals surface area contributed by atoms with E-state index in [0.29, 0.717) is 17.1 Å². The molecule has 0 spiro atoms. The second-order valence-corrected chi connectivity index (χ2v) is 8.14. The SMILES string of the molecule is COc1cc(C(=O)Nc2cccc(CN3CCC(C(N)=O)CC3)c2)ccc1OC(C)C. The highest BCUT2D eigenvalue weighted by Gasteiger charge is 2.23. The van der Waals surface area contributed by atoms with E-state index in [2.05, 4.69) is 10.2 Å². The lowest BCUT2D eigenvalue weighted by Crippen LogP contribution is -2.38. The molecule has 1 heterocycles. The second-order valence-electron chi connectivity index (χ2n) is 8.14. The number of amides is 2. The third kappa shape index (κ3) is 6.21. The predicted octanol–water partition coefficient (Wildman–Crippen LogP) is 3.43. The summed E-state index contributed by atoms with van der Waals surface area (Å²) in [5.41, 5.74) is 7.74. The van der Waals surface area contributed by atoms with E-state index in [9.17, 15) is 9.59 Å². The van der Waals surface area contributed by atoms with Crippen molar-refractivity contribution in [2.24, 2.45) is 11.7 Å². The number of primary amides is 1. The molecule has 0 aromatic heterocycles. The van der Waals surface area contributed by atoms with Gasteiger partial charge in [-0.3, -0.25) is 14.5 Å². The maximum Gasteiger partial charge on any atom is 0.255 e. The van der Waals surface area contributed by atoms with Gasteiger partial charge in [0, 0.05) is 23.7 Å². The summed E-state index contributed by atoms with van der Waals surface area (Å²) in [6.45, 7) is 6.33. The largest absolute Gasteiger partial charge is 0.493 e. The van der Waals surface area contributed by atoms with Crippen molar-refractivity contribution in [1.29, 1.82) is 0 Å². The van der Waals surface area contributed by atoms with Crippen LogP contribution in [0.4, 0.5) is 5.69 Å². The van der Waals surface area contributed by atoms with Crippen LogP contribution >= 0.6 is 0 Å². The number of nitrogens with two attached hydrogens (primary N) is 1. The molecule has 2 aromatic rings. The molecule has 1 fully saturated rings. The number of nitrogens with one attached hydrogen (secondary N) is 1. The summed E-state index contributed by atoms with van der Waals surface area (Å²) in [4.78, 5) is 26.4. The van der Waals surface area contributed by atoms with E-state index < -0.39 is 0 Å². The van der Waals surface area contributed by atoms with Crippen LogP contribution < -0.4 is 20.5 Å². The van der Waals surface area contributed by atoms with Gasteiger partial charge in [-0.25, -0.2) is 0 Å². The Kier molecular flexibility index (Phi) is 7.52. The molecule has 2 amide bonds. The molecule has 7 heteroatoms. The molecule has 166 valence electrons. The maximum absolute atomic E-state index is 12.8. The van der Waals surface area contributed by atoms with Gasteiger partial charge in [0.05, 0.1) is 13.2 Å². The first-order chi connectivity index (χ1) is 14.9. The minimum Gasteiger partial charge on any atom is -0.493 e. The van der Waals surface area contributed by atoms with Gasteiger partial charge in [0.2, 0.25) is 5.91 Å². The lowest BCUT2D eigenvalue weighted by molar-refractivity contribution is -0.123. The number of ether oxygens (including phenoxy) is 2. The number of methoxy groups -OCH3 is 1. The van der Waals surface area contributed by atoms with Crippen molar-refractivity contribution in [3.63, 3.8) is 0 Å². The predicted molar refractivity (Wildman–Crippen MR) is 120 cm³/mol. The van der Waals surface area contributed by atoms with Gasteiger partial charge in [0.1, 0.15) is 0 Å². The van der Waals surface area contributed by atoms with Crippen molar-refractivity contribution in [2.75, 3.05) is 25.5 Å². The molecule has 0 atom stereocenters. The molecule has 0 radical (unpaired) electrons. The van der Waals surface area contributed by atoms with Gasteiger partial charge >= 0.3 is 0 Å². The van der Waals surface area contributed by atoms with Gasteiger partial charge in [0.15, 0.2) is 11.5 Å². The van der Waals surface area contributed by atoms with Gasteiger partial charge in [-0.15, -0.1) is 0 Å². The van der Waals surface area contributed by atoms with E-state index in [1.165, 1.54) is 0 Å². The Morgan fingerprint density at radius 2 is 1.87 bits per heavy atom. The van der Waals surface area contributed by atoms with Crippen LogP contribution in [0.15, 0.2) is 42.5 Å². The number of anilines is 1. The minimum atomic E-state index is -0.214. The highest BCUT2D eigenvalue weighted by atomic mass is 16.5. The van der Waals surface area contributed by atoms with Gasteiger partial charge in [-0.2, -0.15) is 0 Å². The lowest BCUT2D eigenvalue weighted by Gasteiger charge is -2.30. The Balaban J connectivity index is 1.63. The zero-order valence-corrected chi connectivity index (χ0v) is 18.4. The standard InChI is InChI=1S/C24H31N3O4/c1-16(2)31-21-8-7-19(14-22(21)30-3)24(29)26-20-6-4-5-17(13-20)15-27-11-9-18(10-12-27)23(25)28/h4-8,13-14,16,18H,9-12,15H2,1-3H3,(H2,25,28)(H,26,29). The fourth-order valence-electron chi connectivity index (χ4n) is 3.74. The number of hydrogen-bond donors (Lipinski definition) is 2. The van der Waals surface area contributed by atoms with Crippen LogP contribution in [-0.4, -0.2) is 43.0 Å². The first-order valence-electron chi connectivity index (χ1n) is 10.6. The Morgan fingerprint density at radius 1 is 1.13 bits per heavy atom. The second kappa shape index (κ2) is 10.3. The number of likely N-dealkylation sites (tertiary alicyclic amines) is 1. The molecule has 1 aliphatic heterocycles. The number of piperidine rings is 1. The Morgan fingerprint density at radius 3 is 2.52 bits per heavy atom. The summed E-state index contributed by atoms with van der Waals surface area (Å²) in [7, 11) is 1.56. The van der Waals surface area contributed by atoms with Crippen molar-refractivity contribution in [3.05, 3.63) is 53.6 Å². The number of carbonyl (C=O) groups is 2.